The van der Waals surface area contributed by atoms with Crippen molar-refractivity contribution in [2.24, 2.45) is 0 Å². The van der Waals surface area contributed by atoms with Crippen molar-refractivity contribution >= 4 is 17.7 Å². The number of aromatic nitrogens is 2. The molecule has 0 saturated heterocycles. The monoisotopic (exact) mass is 258 g/mol. The molecule has 0 aliphatic carbocycles. The van der Waals surface area contributed by atoms with E-state index >= 15 is 0 Å². The van der Waals surface area contributed by atoms with Gasteiger partial charge < -0.3 is 9.52 Å². The third-order valence-corrected chi connectivity index (χ3v) is 3.47. The number of hydrogen-bond donors (Lipinski definition) is 1. The molecule has 0 spiro atoms. The zero-order valence-corrected chi connectivity index (χ0v) is 11.6. The standard InChI is InChI=1S/C11H18N2O3S/c1-10(2,3)8-13-12-7(16-8)6-17-11(4,5)9(14)15/h6H2,1-5H3,(H,14,15). The molecule has 1 N–H and O–H groups in total. The Hall–Kier alpha value is -1.04. The lowest BCUT2D eigenvalue weighted by molar-refractivity contribution is -0.138. The highest BCUT2D eigenvalue weighted by Gasteiger charge is 2.29. The summed E-state index contributed by atoms with van der Waals surface area (Å²) in [5.41, 5.74) is -0.182. The van der Waals surface area contributed by atoms with Crippen LogP contribution in [0, 0.1) is 0 Å². The second-order valence-electron chi connectivity index (χ2n) is 5.36. The summed E-state index contributed by atoms with van der Waals surface area (Å²) in [7, 11) is 0. The van der Waals surface area contributed by atoms with Crippen molar-refractivity contribution in [2.75, 3.05) is 0 Å². The third-order valence-electron chi connectivity index (χ3n) is 2.18. The van der Waals surface area contributed by atoms with Gasteiger partial charge in [-0.25, -0.2) is 0 Å². The fraction of sp³-hybridized carbons (Fsp3) is 0.727. The van der Waals surface area contributed by atoms with Crippen LogP contribution in [0.2, 0.25) is 0 Å². The SMILES string of the molecule is CC(C)(SCc1nnc(C(C)(C)C)o1)C(=O)O. The lowest BCUT2D eigenvalue weighted by Gasteiger charge is -2.16. The van der Waals surface area contributed by atoms with Gasteiger partial charge in [-0.05, 0) is 13.8 Å². The summed E-state index contributed by atoms with van der Waals surface area (Å²) in [5, 5.41) is 16.8. The van der Waals surface area contributed by atoms with E-state index in [0.29, 0.717) is 17.5 Å². The first-order chi connectivity index (χ1) is 7.63. The number of thioether (sulfide) groups is 1. The summed E-state index contributed by atoms with van der Waals surface area (Å²) in [6.07, 6.45) is 0. The van der Waals surface area contributed by atoms with Gasteiger partial charge in [-0.15, -0.1) is 22.0 Å². The van der Waals surface area contributed by atoms with Crippen molar-refractivity contribution in [3.05, 3.63) is 11.8 Å². The molecule has 0 radical (unpaired) electrons. The Morgan fingerprint density at radius 3 is 2.29 bits per heavy atom. The van der Waals surface area contributed by atoms with E-state index in [2.05, 4.69) is 10.2 Å². The van der Waals surface area contributed by atoms with Crippen molar-refractivity contribution in [1.82, 2.24) is 10.2 Å². The van der Waals surface area contributed by atoms with Crippen molar-refractivity contribution in [3.63, 3.8) is 0 Å². The molecule has 0 amide bonds. The summed E-state index contributed by atoms with van der Waals surface area (Å²) in [6.45, 7) is 9.26. The summed E-state index contributed by atoms with van der Waals surface area (Å²) >= 11 is 1.27. The molecule has 0 aliphatic heterocycles. The average molecular weight is 258 g/mol. The fourth-order valence-corrected chi connectivity index (χ4v) is 1.64. The Labute approximate surface area is 105 Å². The Bertz CT molecular complexity index is 407. The summed E-state index contributed by atoms with van der Waals surface area (Å²) in [4.78, 5) is 10.9. The van der Waals surface area contributed by atoms with E-state index in [4.69, 9.17) is 9.52 Å². The maximum atomic E-state index is 10.9. The van der Waals surface area contributed by atoms with E-state index in [-0.39, 0.29) is 5.41 Å². The number of hydrogen-bond acceptors (Lipinski definition) is 5. The Kier molecular flexibility index (Phi) is 3.86. The molecule has 0 fully saturated rings. The Morgan fingerprint density at radius 1 is 1.29 bits per heavy atom. The van der Waals surface area contributed by atoms with Crippen LogP contribution >= 0.6 is 11.8 Å². The van der Waals surface area contributed by atoms with Gasteiger partial charge in [0.1, 0.15) is 4.75 Å². The largest absolute Gasteiger partial charge is 0.480 e. The number of aliphatic carboxylic acids is 1. The zero-order chi connectivity index (χ0) is 13.3. The lowest BCUT2D eigenvalue weighted by Crippen LogP contribution is -2.27. The molecule has 17 heavy (non-hydrogen) atoms. The molecule has 96 valence electrons. The molecular formula is C11H18N2O3S. The van der Waals surface area contributed by atoms with Gasteiger partial charge in [-0.3, -0.25) is 4.79 Å². The van der Waals surface area contributed by atoms with Gasteiger partial charge >= 0.3 is 5.97 Å². The summed E-state index contributed by atoms with van der Waals surface area (Å²) in [5.74, 6) is 0.594. The van der Waals surface area contributed by atoms with Crippen LogP contribution in [0.5, 0.6) is 0 Å². The van der Waals surface area contributed by atoms with Crippen LogP contribution in [0.3, 0.4) is 0 Å². The molecule has 0 aliphatic rings. The molecule has 0 atom stereocenters. The van der Waals surface area contributed by atoms with Crippen LogP contribution in [-0.4, -0.2) is 26.0 Å². The van der Waals surface area contributed by atoms with Crippen molar-refractivity contribution in [1.29, 1.82) is 0 Å². The molecule has 0 bridgehead atoms. The number of rotatable bonds is 4. The first-order valence-electron chi connectivity index (χ1n) is 5.33. The van der Waals surface area contributed by atoms with Crippen molar-refractivity contribution < 1.29 is 14.3 Å². The average Bonchev–Trinajstić information content (AvgIpc) is 2.62. The van der Waals surface area contributed by atoms with Gasteiger partial charge in [-0.2, -0.15) is 0 Å². The molecule has 5 nitrogen and oxygen atoms in total. The molecule has 6 heteroatoms. The minimum Gasteiger partial charge on any atom is -0.480 e. The second-order valence-corrected chi connectivity index (χ2v) is 6.95. The van der Waals surface area contributed by atoms with E-state index in [1.807, 2.05) is 20.8 Å². The van der Waals surface area contributed by atoms with Gasteiger partial charge in [0, 0.05) is 5.41 Å². The predicted molar refractivity (Wildman–Crippen MR) is 66.0 cm³/mol. The molecule has 1 heterocycles. The van der Waals surface area contributed by atoms with E-state index < -0.39 is 10.7 Å². The molecule has 0 unspecified atom stereocenters. The van der Waals surface area contributed by atoms with Gasteiger partial charge in [-0.1, -0.05) is 20.8 Å². The molecule has 1 rings (SSSR count). The van der Waals surface area contributed by atoms with E-state index in [1.165, 1.54) is 11.8 Å². The van der Waals surface area contributed by atoms with Crippen LogP contribution < -0.4 is 0 Å². The van der Waals surface area contributed by atoms with Crippen LogP contribution in [0.25, 0.3) is 0 Å². The fourth-order valence-electron chi connectivity index (χ4n) is 0.919. The van der Waals surface area contributed by atoms with Crippen LogP contribution in [0.15, 0.2) is 4.42 Å². The minimum absolute atomic E-state index is 0.182. The highest BCUT2D eigenvalue weighted by atomic mass is 32.2. The van der Waals surface area contributed by atoms with Crippen LogP contribution in [0.4, 0.5) is 0 Å². The van der Waals surface area contributed by atoms with Crippen LogP contribution in [-0.2, 0) is 16.0 Å². The topological polar surface area (TPSA) is 76.2 Å². The molecule has 0 aromatic carbocycles. The van der Waals surface area contributed by atoms with Crippen molar-refractivity contribution in [2.45, 2.75) is 50.5 Å². The predicted octanol–water partition coefficient (Wildman–Crippen LogP) is 2.46. The number of carboxylic acids is 1. The third kappa shape index (κ3) is 3.73. The van der Waals surface area contributed by atoms with Crippen molar-refractivity contribution in [3.8, 4) is 0 Å². The molecule has 1 aromatic heterocycles. The Balaban J connectivity index is 2.66. The minimum atomic E-state index is -0.851. The van der Waals surface area contributed by atoms with Gasteiger partial charge in [0.2, 0.25) is 11.8 Å². The lowest BCUT2D eigenvalue weighted by atomic mass is 9.97. The molecule has 0 saturated carbocycles. The van der Waals surface area contributed by atoms with Gasteiger partial charge in [0.25, 0.3) is 0 Å². The van der Waals surface area contributed by atoms with E-state index in [0.717, 1.165) is 0 Å². The van der Waals surface area contributed by atoms with Crippen LogP contribution in [0.1, 0.15) is 46.4 Å². The van der Waals surface area contributed by atoms with Gasteiger partial charge in [0.15, 0.2) is 0 Å². The highest BCUT2D eigenvalue weighted by molar-refractivity contribution is 8.00. The first-order valence-corrected chi connectivity index (χ1v) is 6.32. The highest BCUT2D eigenvalue weighted by Crippen LogP contribution is 2.29. The second kappa shape index (κ2) is 4.68. The summed E-state index contributed by atoms with van der Waals surface area (Å²) in [6, 6.07) is 0. The first kappa shape index (κ1) is 14.0. The quantitative estimate of drug-likeness (QED) is 0.894. The smallest absolute Gasteiger partial charge is 0.319 e. The molecule has 1 aromatic rings. The summed E-state index contributed by atoms with van der Waals surface area (Å²) < 4.78 is 4.64. The normalized spacial score (nSPS) is 12.8. The zero-order valence-electron chi connectivity index (χ0n) is 10.8. The Morgan fingerprint density at radius 2 is 1.88 bits per heavy atom. The molecular weight excluding hydrogens is 240 g/mol. The maximum absolute atomic E-state index is 10.9. The van der Waals surface area contributed by atoms with E-state index in [1.54, 1.807) is 13.8 Å². The van der Waals surface area contributed by atoms with Gasteiger partial charge in [0.05, 0.1) is 5.75 Å². The van der Waals surface area contributed by atoms with E-state index in [9.17, 15) is 4.79 Å². The maximum Gasteiger partial charge on any atom is 0.319 e. The number of nitrogens with zero attached hydrogens (tertiary/aromatic N) is 2. The number of carboxylic acid groups (broad SMARTS) is 1. The number of carbonyl (C=O) groups is 1.